The van der Waals surface area contributed by atoms with Gasteiger partial charge in [-0.05, 0) is 98.7 Å². The van der Waals surface area contributed by atoms with Crippen LogP contribution in [0.25, 0.3) is 11.3 Å². The van der Waals surface area contributed by atoms with Crippen LogP contribution in [0.4, 0.5) is 27.3 Å². The Hall–Kier alpha value is -4.02. The van der Waals surface area contributed by atoms with Crippen LogP contribution in [0.5, 0.6) is 0 Å². The van der Waals surface area contributed by atoms with Crippen LogP contribution in [-0.4, -0.2) is 54.0 Å². The summed E-state index contributed by atoms with van der Waals surface area (Å²) >= 11 is 1.58. The smallest absolute Gasteiger partial charge is 0.291 e. The fraction of sp³-hybridized carbons (Fsp3) is 0.344. The SMILES string of the molecule is Cc1c(NC(=O)c2cc3c(s2)C2CCC3C2)ccc(F)c1-c1c[nH]c(=O)c(Nc2ccc(N3CCN(C)CC3)cc2)n1. The van der Waals surface area contributed by atoms with Gasteiger partial charge in [-0.3, -0.25) is 9.59 Å². The first kappa shape index (κ1) is 26.9. The number of hydrogen-bond donors (Lipinski definition) is 3. The third-order valence-corrected chi connectivity index (χ3v) is 10.3. The van der Waals surface area contributed by atoms with Gasteiger partial charge < -0.3 is 25.4 Å². The van der Waals surface area contributed by atoms with Crippen LogP contribution in [0.1, 0.15) is 56.8 Å². The first-order valence-corrected chi connectivity index (χ1v) is 15.3. The first-order chi connectivity index (χ1) is 20.3. The van der Waals surface area contributed by atoms with Crippen LogP contribution in [0.3, 0.4) is 0 Å². The van der Waals surface area contributed by atoms with Gasteiger partial charge in [-0.25, -0.2) is 9.37 Å². The Bertz CT molecular complexity index is 1700. The monoisotopic (exact) mass is 584 g/mol. The molecule has 216 valence electrons. The number of thiophene rings is 1. The third-order valence-electron chi connectivity index (χ3n) is 8.96. The number of carbonyl (C=O) groups excluding carboxylic acids is 1. The fourth-order valence-electron chi connectivity index (χ4n) is 6.56. The molecule has 2 aromatic carbocycles. The summed E-state index contributed by atoms with van der Waals surface area (Å²) in [5, 5.41) is 6.07. The number of hydrogen-bond acceptors (Lipinski definition) is 7. The van der Waals surface area contributed by atoms with E-state index in [0.29, 0.717) is 33.7 Å². The highest BCUT2D eigenvalue weighted by Gasteiger charge is 2.39. The number of fused-ring (bicyclic) bond motifs is 5. The molecule has 1 saturated heterocycles. The third kappa shape index (κ3) is 4.88. The number of rotatable bonds is 6. The van der Waals surface area contributed by atoms with Gasteiger partial charge in [0.15, 0.2) is 5.82 Å². The average molecular weight is 585 g/mol. The maximum atomic E-state index is 15.2. The van der Waals surface area contributed by atoms with Crippen LogP contribution in [0.2, 0.25) is 0 Å². The number of nitrogens with one attached hydrogen (secondary N) is 3. The summed E-state index contributed by atoms with van der Waals surface area (Å²) in [4.78, 5) is 39.7. The summed E-state index contributed by atoms with van der Waals surface area (Å²) in [5.74, 6) is 0.576. The minimum Gasteiger partial charge on any atom is -0.369 e. The van der Waals surface area contributed by atoms with Crippen LogP contribution < -0.4 is 21.1 Å². The quantitative estimate of drug-likeness (QED) is 0.255. The number of aromatic amines is 1. The Morgan fingerprint density at radius 2 is 1.83 bits per heavy atom. The van der Waals surface area contributed by atoms with Crippen molar-refractivity contribution >= 4 is 40.1 Å². The van der Waals surface area contributed by atoms with E-state index < -0.39 is 11.4 Å². The van der Waals surface area contributed by atoms with Crippen molar-refractivity contribution in [1.29, 1.82) is 0 Å². The second-order valence-electron chi connectivity index (χ2n) is 11.6. The van der Waals surface area contributed by atoms with Gasteiger partial charge in [0.2, 0.25) is 0 Å². The molecule has 3 aliphatic rings. The molecule has 2 bridgehead atoms. The molecule has 2 aliphatic carbocycles. The van der Waals surface area contributed by atoms with Gasteiger partial charge in [-0.1, -0.05) is 0 Å². The fourth-order valence-corrected chi connectivity index (χ4v) is 7.85. The largest absolute Gasteiger partial charge is 0.369 e. The minimum atomic E-state index is -0.487. The number of nitrogens with zero attached hydrogens (tertiary/aromatic N) is 3. The molecule has 3 N–H and O–H groups in total. The lowest BCUT2D eigenvalue weighted by Gasteiger charge is -2.34. The maximum absolute atomic E-state index is 15.2. The number of piperazine rings is 1. The lowest BCUT2D eigenvalue weighted by atomic mass is 9.99. The van der Waals surface area contributed by atoms with Crippen molar-refractivity contribution in [2.24, 2.45) is 0 Å². The molecule has 1 amide bonds. The summed E-state index contributed by atoms with van der Waals surface area (Å²) in [6.45, 7) is 5.72. The minimum absolute atomic E-state index is 0.0656. The highest BCUT2D eigenvalue weighted by Crippen LogP contribution is 2.56. The molecular weight excluding hydrogens is 551 g/mol. The summed E-state index contributed by atoms with van der Waals surface area (Å²) in [5.41, 5.74) is 4.30. The molecule has 0 radical (unpaired) electrons. The van der Waals surface area contributed by atoms with E-state index in [1.54, 1.807) is 24.3 Å². The van der Waals surface area contributed by atoms with E-state index in [-0.39, 0.29) is 23.0 Å². The van der Waals surface area contributed by atoms with E-state index in [1.807, 2.05) is 30.3 Å². The standard InChI is InChI=1S/C32H33FN6O2S/c1-18-25(37-31(40)27-16-23-19-3-4-20(15-19)29(23)42-27)10-9-24(33)28(18)26-17-34-32(41)30(36-26)35-21-5-7-22(8-6-21)39-13-11-38(2)12-14-39/h5-10,16-17,19-20H,3-4,11-15H2,1-2H3,(H,34,41)(H,35,36)(H,37,40). The van der Waals surface area contributed by atoms with E-state index in [9.17, 15) is 9.59 Å². The van der Waals surface area contributed by atoms with Gasteiger partial charge in [-0.2, -0.15) is 0 Å². The van der Waals surface area contributed by atoms with Crippen LogP contribution in [0.15, 0.2) is 53.5 Å². The second-order valence-corrected chi connectivity index (χ2v) is 12.7. The average Bonchev–Trinajstić information content (AvgIpc) is 3.72. The first-order valence-electron chi connectivity index (χ1n) is 14.5. The summed E-state index contributed by atoms with van der Waals surface area (Å²) < 4.78 is 15.2. The zero-order valence-electron chi connectivity index (χ0n) is 23.7. The molecule has 2 fully saturated rings. The topological polar surface area (TPSA) is 93.4 Å². The molecule has 0 spiro atoms. The zero-order valence-corrected chi connectivity index (χ0v) is 24.5. The number of amides is 1. The van der Waals surface area contributed by atoms with Gasteiger partial charge in [0.25, 0.3) is 11.5 Å². The number of anilines is 4. The summed E-state index contributed by atoms with van der Waals surface area (Å²) in [7, 11) is 2.13. The van der Waals surface area contributed by atoms with Crippen molar-refractivity contribution in [1.82, 2.24) is 14.9 Å². The van der Waals surface area contributed by atoms with Crippen molar-refractivity contribution in [3.63, 3.8) is 0 Å². The highest BCUT2D eigenvalue weighted by molar-refractivity contribution is 7.14. The zero-order chi connectivity index (χ0) is 29.0. The van der Waals surface area contributed by atoms with Gasteiger partial charge >= 0.3 is 0 Å². The molecule has 7 rings (SSSR count). The lowest BCUT2D eigenvalue weighted by Crippen LogP contribution is -2.44. The van der Waals surface area contributed by atoms with Crippen LogP contribution in [-0.2, 0) is 0 Å². The summed E-state index contributed by atoms with van der Waals surface area (Å²) in [6.07, 6.45) is 5.04. The van der Waals surface area contributed by atoms with Crippen molar-refractivity contribution < 1.29 is 9.18 Å². The molecule has 2 aromatic heterocycles. The molecule has 10 heteroatoms. The number of aromatic nitrogens is 2. The second kappa shape index (κ2) is 10.7. The van der Waals surface area contributed by atoms with Gasteiger partial charge in [-0.15, -0.1) is 11.3 Å². The molecule has 3 heterocycles. The number of carbonyl (C=O) groups is 1. The predicted molar refractivity (Wildman–Crippen MR) is 166 cm³/mol. The Balaban J connectivity index is 1.11. The van der Waals surface area contributed by atoms with Crippen LogP contribution >= 0.6 is 11.3 Å². The van der Waals surface area contributed by atoms with E-state index in [1.165, 1.54) is 42.0 Å². The number of halogens is 1. The van der Waals surface area contributed by atoms with E-state index in [0.717, 1.165) is 31.9 Å². The highest BCUT2D eigenvalue weighted by atomic mass is 32.1. The summed E-state index contributed by atoms with van der Waals surface area (Å²) in [6, 6.07) is 12.8. The molecule has 42 heavy (non-hydrogen) atoms. The Labute approximate surface area is 247 Å². The van der Waals surface area contributed by atoms with Gasteiger partial charge in [0, 0.05) is 59.9 Å². The van der Waals surface area contributed by atoms with Gasteiger partial charge in [0.05, 0.1) is 10.6 Å². The lowest BCUT2D eigenvalue weighted by molar-refractivity contribution is 0.103. The number of H-pyrrole nitrogens is 1. The Morgan fingerprint density at radius 3 is 2.60 bits per heavy atom. The number of benzene rings is 2. The Kier molecular flexibility index (Phi) is 6.82. The van der Waals surface area contributed by atoms with E-state index >= 15 is 4.39 Å². The van der Waals surface area contributed by atoms with E-state index in [2.05, 4.69) is 37.4 Å². The van der Waals surface area contributed by atoms with Crippen LogP contribution in [0, 0.1) is 12.7 Å². The molecule has 4 aromatic rings. The normalized spacial score (nSPS) is 19.6. The van der Waals surface area contributed by atoms with Gasteiger partial charge in [0.1, 0.15) is 5.82 Å². The van der Waals surface area contributed by atoms with E-state index in [4.69, 9.17) is 0 Å². The molecule has 2 atom stereocenters. The van der Waals surface area contributed by atoms with Crippen molar-refractivity contribution in [3.8, 4) is 11.3 Å². The molecule has 1 aliphatic heterocycles. The van der Waals surface area contributed by atoms with Crippen molar-refractivity contribution in [2.45, 2.75) is 38.0 Å². The van der Waals surface area contributed by atoms with Crippen molar-refractivity contribution in [3.05, 3.63) is 85.7 Å². The molecular formula is C32H33FN6O2S. The molecule has 8 nitrogen and oxygen atoms in total. The number of likely N-dealkylation sites (N-methyl/N-ethyl adjacent to an activating group) is 1. The molecule has 2 unspecified atom stereocenters. The maximum Gasteiger partial charge on any atom is 0.291 e. The van der Waals surface area contributed by atoms with Crippen molar-refractivity contribution in [2.75, 3.05) is 48.8 Å². The molecule has 1 saturated carbocycles. The predicted octanol–water partition coefficient (Wildman–Crippen LogP) is 6.06. The Morgan fingerprint density at radius 1 is 1.07 bits per heavy atom.